The minimum atomic E-state index is -0.377. The van der Waals surface area contributed by atoms with Crippen LogP contribution in [0.1, 0.15) is 13.3 Å². The van der Waals surface area contributed by atoms with E-state index >= 15 is 0 Å². The van der Waals surface area contributed by atoms with E-state index in [4.69, 9.17) is 4.74 Å². The first-order valence-corrected chi connectivity index (χ1v) is 6.66. The molecule has 1 aromatic carbocycles. The van der Waals surface area contributed by atoms with Gasteiger partial charge in [-0.25, -0.2) is 0 Å². The molecule has 1 atom stereocenters. The van der Waals surface area contributed by atoms with Gasteiger partial charge in [0.2, 0.25) is 0 Å². The van der Waals surface area contributed by atoms with Gasteiger partial charge in [-0.15, -0.1) is 0 Å². The van der Waals surface area contributed by atoms with Crippen LogP contribution in [0.3, 0.4) is 0 Å². The molecule has 2 N–H and O–H groups in total. The van der Waals surface area contributed by atoms with Gasteiger partial charge in [-0.1, -0.05) is 6.92 Å². The lowest BCUT2D eigenvalue weighted by Crippen LogP contribution is -2.43. The summed E-state index contributed by atoms with van der Waals surface area (Å²) >= 11 is 0. The predicted octanol–water partition coefficient (Wildman–Crippen LogP) is 1.25. The number of nitrogens with one attached hydrogen (secondary N) is 1. The van der Waals surface area contributed by atoms with Crippen LogP contribution < -0.4 is 15.0 Å². The zero-order chi connectivity index (χ0) is 12.8. The van der Waals surface area contributed by atoms with Crippen LogP contribution in [-0.2, 0) is 0 Å². The van der Waals surface area contributed by atoms with Crippen molar-refractivity contribution in [2.45, 2.75) is 19.4 Å². The molecule has 0 saturated carbocycles. The number of benzene rings is 1. The molecule has 2 rings (SSSR count). The Morgan fingerprint density at radius 1 is 1.28 bits per heavy atom. The lowest BCUT2D eigenvalue weighted by Gasteiger charge is -2.29. The predicted molar refractivity (Wildman–Crippen MR) is 73.3 cm³/mol. The second-order valence-corrected chi connectivity index (χ2v) is 4.60. The van der Waals surface area contributed by atoms with Crippen molar-refractivity contribution < 1.29 is 9.84 Å². The fourth-order valence-electron chi connectivity index (χ4n) is 1.99. The lowest BCUT2D eigenvalue weighted by atomic mass is 10.2. The van der Waals surface area contributed by atoms with Crippen molar-refractivity contribution in [1.29, 1.82) is 0 Å². The van der Waals surface area contributed by atoms with Crippen molar-refractivity contribution in [3.8, 4) is 5.75 Å². The highest BCUT2D eigenvalue weighted by Gasteiger charge is 2.10. The van der Waals surface area contributed by atoms with Crippen LogP contribution in [-0.4, -0.2) is 44.0 Å². The first-order valence-electron chi connectivity index (χ1n) is 6.66. The van der Waals surface area contributed by atoms with Crippen molar-refractivity contribution in [1.82, 2.24) is 5.32 Å². The van der Waals surface area contributed by atoms with E-state index in [9.17, 15) is 5.11 Å². The van der Waals surface area contributed by atoms with Crippen LogP contribution in [0.5, 0.6) is 5.75 Å². The van der Waals surface area contributed by atoms with E-state index in [0.717, 1.165) is 38.3 Å². The van der Waals surface area contributed by atoms with Crippen molar-refractivity contribution in [2.24, 2.45) is 0 Å². The Balaban J connectivity index is 1.88. The second kappa shape index (κ2) is 6.61. The van der Waals surface area contributed by atoms with Crippen molar-refractivity contribution in [3.63, 3.8) is 0 Å². The van der Waals surface area contributed by atoms with E-state index in [2.05, 4.69) is 22.3 Å². The minimum Gasteiger partial charge on any atom is -0.491 e. The standard InChI is InChI=1S/C14H22N2O2/c1-2-13(17)11-18-14-5-3-12(4-6-14)16-9-7-15-8-10-16/h3-6,13,15,17H,2,7-11H2,1H3. The fraction of sp³-hybridized carbons (Fsp3) is 0.571. The molecule has 0 amide bonds. The summed E-state index contributed by atoms with van der Waals surface area (Å²) in [5.74, 6) is 0.821. The molecule has 0 spiro atoms. The number of hydrogen-bond donors (Lipinski definition) is 2. The Labute approximate surface area is 109 Å². The first-order chi connectivity index (χ1) is 8.79. The molecule has 18 heavy (non-hydrogen) atoms. The third kappa shape index (κ3) is 3.62. The summed E-state index contributed by atoms with van der Waals surface area (Å²) in [6.07, 6.45) is 0.344. The molecule has 0 aromatic heterocycles. The average molecular weight is 250 g/mol. The van der Waals surface area contributed by atoms with Crippen molar-refractivity contribution in [3.05, 3.63) is 24.3 Å². The van der Waals surface area contributed by atoms with E-state index in [-0.39, 0.29) is 6.10 Å². The third-order valence-electron chi connectivity index (χ3n) is 3.23. The SMILES string of the molecule is CCC(O)COc1ccc(N2CCNCC2)cc1. The third-order valence-corrected chi connectivity index (χ3v) is 3.23. The molecule has 4 nitrogen and oxygen atoms in total. The van der Waals surface area contributed by atoms with Crippen LogP contribution in [0.15, 0.2) is 24.3 Å². The number of rotatable bonds is 5. The molecule has 100 valence electrons. The highest BCUT2D eigenvalue weighted by atomic mass is 16.5. The van der Waals surface area contributed by atoms with Gasteiger partial charge in [-0.3, -0.25) is 0 Å². The molecular weight excluding hydrogens is 228 g/mol. The molecular formula is C14H22N2O2. The number of aliphatic hydroxyl groups is 1. The van der Waals surface area contributed by atoms with Crippen LogP contribution in [0.2, 0.25) is 0 Å². The van der Waals surface area contributed by atoms with E-state index in [1.165, 1.54) is 5.69 Å². The van der Waals surface area contributed by atoms with Gasteiger partial charge in [0.05, 0.1) is 6.10 Å². The number of anilines is 1. The molecule has 1 aliphatic rings. The van der Waals surface area contributed by atoms with Gasteiger partial charge >= 0.3 is 0 Å². The zero-order valence-electron chi connectivity index (χ0n) is 10.9. The highest BCUT2D eigenvalue weighted by molar-refractivity contribution is 5.49. The summed E-state index contributed by atoms with van der Waals surface area (Å²) in [5.41, 5.74) is 1.24. The van der Waals surface area contributed by atoms with Gasteiger partial charge in [0.1, 0.15) is 12.4 Å². The monoisotopic (exact) mass is 250 g/mol. The van der Waals surface area contributed by atoms with Crippen LogP contribution in [0.4, 0.5) is 5.69 Å². The average Bonchev–Trinajstić information content (AvgIpc) is 2.46. The maximum atomic E-state index is 9.44. The fourth-order valence-corrected chi connectivity index (χ4v) is 1.99. The summed E-state index contributed by atoms with van der Waals surface area (Å²) in [6.45, 7) is 6.50. The molecule has 1 fully saturated rings. The Morgan fingerprint density at radius 3 is 2.56 bits per heavy atom. The molecule has 1 unspecified atom stereocenters. The first kappa shape index (κ1) is 13.2. The smallest absolute Gasteiger partial charge is 0.119 e. The molecule has 0 bridgehead atoms. The number of hydrogen-bond acceptors (Lipinski definition) is 4. The maximum absolute atomic E-state index is 9.44. The summed E-state index contributed by atoms with van der Waals surface area (Å²) in [5, 5.41) is 12.8. The number of piperazine rings is 1. The molecule has 0 radical (unpaired) electrons. The maximum Gasteiger partial charge on any atom is 0.119 e. The Bertz CT molecular complexity index is 347. The van der Waals surface area contributed by atoms with E-state index in [0.29, 0.717) is 6.61 Å². The number of aliphatic hydroxyl groups excluding tert-OH is 1. The lowest BCUT2D eigenvalue weighted by molar-refractivity contribution is 0.104. The summed E-state index contributed by atoms with van der Waals surface area (Å²) < 4.78 is 5.52. The number of nitrogens with zero attached hydrogens (tertiary/aromatic N) is 1. The van der Waals surface area contributed by atoms with Crippen LogP contribution in [0, 0.1) is 0 Å². The Morgan fingerprint density at radius 2 is 1.94 bits per heavy atom. The van der Waals surface area contributed by atoms with E-state index in [1.54, 1.807) is 0 Å². The molecule has 1 heterocycles. The molecule has 1 aromatic rings. The van der Waals surface area contributed by atoms with E-state index < -0.39 is 0 Å². The van der Waals surface area contributed by atoms with Gasteiger partial charge in [-0.05, 0) is 30.7 Å². The van der Waals surface area contributed by atoms with Gasteiger partial charge in [0, 0.05) is 31.9 Å². The normalized spacial score (nSPS) is 17.6. The van der Waals surface area contributed by atoms with Gasteiger partial charge < -0.3 is 20.1 Å². The molecule has 1 aliphatic heterocycles. The molecule has 4 heteroatoms. The summed E-state index contributed by atoms with van der Waals surface area (Å²) in [7, 11) is 0. The molecule has 0 aliphatic carbocycles. The Kier molecular flexibility index (Phi) is 4.84. The largest absolute Gasteiger partial charge is 0.491 e. The van der Waals surface area contributed by atoms with Crippen LogP contribution >= 0.6 is 0 Å². The van der Waals surface area contributed by atoms with E-state index in [1.807, 2.05) is 19.1 Å². The molecule has 1 saturated heterocycles. The van der Waals surface area contributed by atoms with Crippen molar-refractivity contribution in [2.75, 3.05) is 37.7 Å². The van der Waals surface area contributed by atoms with Gasteiger partial charge in [0.25, 0.3) is 0 Å². The Hall–Kier alpha value is -1.26. The highest BCUT2D eigenvalue weighted by Crippen LogP contribution is 2.19. The van der Waals surface area contributed by atoms with Gasteiger partial charge in [0.15, 0.2) is 0 Å². The number of ether oxygens (including phenoxy) is 1. The topological polar surface area (TPSA) is 44.7 Å². The quantitative estimate of drug-likeness (QED) is 0.825. The second-order valence-electron chi connectivity index (χ2n) is 4.60. The van der Waals surface area contributed by atoms with Crippen LogP contribution in [0.25, 0.3) is 0 Å². The summed E-state index contributed by atoms with van der Waals surface area (Å²) in [4.78, 5) is 2.36. The van der Waals surface area contributed by atoms with Gasteiger partial charge in [-0.2, -0.15) is 0 Å². The summed E-state index contributed by atoms with van der Waals surface area (Å²) in [6, 6.07) is 8.11. The minimum absolute atomic E-state index is 0.365. The van der Waals surface area contributed by atoms with Crippen molar-refractivity contribution >= 4 is 5.69 Å². The zero-order valence-corrected chi connectivity index (χ0v) is 10.9.